The van der Waals surface area contributed by atoms with E-state index < -0.39 is 0 Å². The number of ketones is 1. The molecule has 1 heterocycles. The molecule has 0 aliphatic carbocycles. The minimum absolute atomic E-state index is 0.0195. The fourth-order valence-electron chi connectivity index (χ4n) is 3.35. The van der Waals surface area contributed by atoms with Gasteiger partial charge in [-0.2, -0.15) is 0 Å². The number of benzene rings is 1. The lowest BCUT2D eigenvalue weighted by atomic mass is 9.95. The van der Waals surface area contributed by atoms with Gasteiger partial charge >= 0.3 is 0 Å². The standard InChI is InChI=1S/C19H28N2O2/c1-13-7-8-14(2)16(12-13)18(22)9-10-19(23)21-11-5-4-6-17(21)15(3)20/h7-8,12,15,17H,4-6,9-11,20H2,1-3H3. The van der Waals surface area contributed by atoms with E-state index in [0.29, 0.717) is 0 Å². The van der Waals surface area contributed by atoms with Crippen molar-refractivity contribution in [2.24, 2.45) is 5.73 Å². The number of nitrogens with zero attached hydrogens (tertiary/aromatic N) is 1. The van der Waals surface area contributed by atoms with Crippen molar-refractivity contribution in [2.75, 3.05) is 6.54 Å². The molecule has 2 rings (SSSR count). The Morgan fingerprint density at radius 2 is 2.00 bits per heavy atom. The summed E-state index contributed by atoms with van der Waals surface area (Å²) in [5, 5.41) is 0. The smallest absolute Gasteiger partial charge is 0.223 e. The van der Waals surface area contributed by atoms with E-state index in [1.165, 1.54) is 0 Å². The third-order valence-electron chi connectivity index (χ3n) is 4.74. The maximum atomic E-state index is 12.5. The summed E-state index contributed by atoms with van der Waals surface area (Å²) in [5.74, 6) is 0.111. The Labute approximate surface area is 139 Å². The van der Waals surface area contributed by atoms with E-state index in [-0.39, 0.29) is 36.6 Å². The van der Waals surface area contributed by atoms with Crippen LogP contribution in [0.2, 0.25) is 0 Å². The number of nitrogens with two attached hydrogens (primary N) is 1. The van der Waals surface area contributed by atoms with Crippen molar-refractivity contribution in [3.63, 3.8) is 0 Å². The summed E-state index contributed by atoms with van der Waals surface area (Å²) in [6.45, 7) is 6.63. The zero-order valence-corrected chi connectivity index (χ0v) is 14.5. The summed E-state index contributed by atoms with van der Waals surface area (Å²) in [5.41, 5.74) is 8.79. The molecule has 2 atom stereocenters. The number of aryl methyl sites for hydroxylation is 2. The first kappa shape index (κ1) is 17.7. The molecule has 23 heavy (non-hydrogen) atoms. The second-order valence-corrected chi connectivity index (χ2v) is 6.75. The van der Waals surface area contributed by atoms with E-state index in [1.54, 1.807) is 0 Å². The second kappa shape index (κ2) is 7.73. The van der Waals surface area contributed by atoms with Crippen molar-refractivity contribution in [3.05, 3.63) is 34.9 Å². The fraction of sp³-hybridized carbons (Fsp3) is 0.579. The molecule has 1 aromatic rings. The van der Waals surface area contributed by atoms with Crippen molar-refractivity contribution >= 4 is 11.7 Å². The van der Waals surface area contributed by atoms with Gasteiger partial charge in [-0.25, -0.2) is 0 Å². The number of rotatable bonds is 5. The lowest BCUT2D eigenvalue weighted by molar-refractivity contribution is -0.135. The molecule has 126 valence electrons. The van der Waals surface area contributed by atoms with Crippen LogP contribution in [-0.2, 0) is 4.79 Å². The largest absolute Gasteiger partial charge is 0.338 e. The number of amides is 1. The zero-order chi connectivity index (χ0) is 17.0. The van der Waals surface area contributed by atoms with E-state index in [9.17, 15) is 9.59 Å². The van der Waals surface area contributed by atoms with Crippen LogP contribution in [0, 0.1) is 13.8 Å². The number of likely N-dealkylation sites (tertiary alicyclic amines) is 1. The summed E-state index contributed by atoms with van der Waals surface area (Å²) >= 11 is 0. The van der Waals surface area contributed by atoms with Crippen LogP contribution in [-0.4, -0.2) is 35.2 Å². The Morgan fingerprint density at radius 3 is 2.70 bits per heavy atom. The first-order valence-corrected chi connectivity index (χ1v) is 8.55. The molecular formula is C19H28N2O2. The van der Waals surface area contributed by atoms with Gasteiger partial charge in [-0.3, -0.25) is 9.59 Å². The maximum absolute atomic E-state index is 12.5. The number of hydrogen-bond acceptors (Lipinski definition) is 3. The minimum atomic E-state index is -0.0195. The molecule has 0 spiro atoms. The Balaban J connectivity index is 1.98. The molecule has 1 aliphatic heterocycles. The van der Waals surface area contributed by atoms with Gasteiger partial charge in [0.15, 0.2) is 5.78 Å². The molecule has 0 bridgehead atoms. The highest BCUT2D eigenvalue weighted by molar-refractivity contribution is 5.99. The van der Waals surface area contributed by atoms with Crippen LogP contribution in [0.3, 0.4) is 0 Å². The lowest BCUT2D eigenvalue weighted by Gasteiger charge is -2.38. The fourth-order valence-corrected chi connectivity index (χ4v) is 3.35. The van der Waals surface area contributed by atoms with Gasteiger partial charge in [-0.1, -0.05) is 17.7 Å². The number of carbonyl (C=O) groups is 2. The SMILES string of the molecule is Cc1ccc(C)c(C(=O)CCC(=O)N2CCCCC2C(C)N)c1. The molecule has 2 unspecified atom stereocenters. The molecule has 1 fully saturated rings. The Bertz CT molecular complexity index is 581. The predicted octanol–water partition coefficient (Wildman–Crippen LogP) is 2.99. The van der Waals surface area contributed by atoms with E-state index in [4.69, 9.17) is 5.73 Å². The number of hydrogen-bond donors (Lipinski definition) is 1. The van der Waals surface area contributed by atoms with Crippen molar-refractivity contribution in [1.29, 1.82) is 0 Å². The highest BCUT2D eigenvalue weighted by atomic mass is 16.2. The Morgan fingerprint density at radius 1 is 1.26 bits per heavy atom. The maximum Gasteiger partial charge on any atom is 0.223 e. The first-order valence-electron chi connectivity index (χ1n) is 8.55. The summed E-state index contributed by atoms with van der Waals surface area (Å²) in [4.78, 5) is 26.8. The molecular weight excluding hydrogens is 288 g/mol. The van der Waals surface area contributed by atoms with Gasteiger partial charge in [0, 0.05) is 37.0 Å². The third-order valence-corrected chi connectivity index (χ3v) is 4.74. The van der Waals surface area contributed by atoms with E-state index in [1.807, 2.05) is 43.9 Å². The first-order chi connectivity index (χ1) is 10.9. The van der Waals surface area contributed by atoms with Crippen LogP contribution in [0.5, 0.6) is 0 Å². The molecule has 4 nitrogen and oxygen atoms in total. The van der Waals surface area contributed by atoms with Crippen molar-refractivity contribution in [2.45, 2.75) is 65.0 Å². The predicted molar refractivity (Wildman–Crippen MR) is 92.5 cm³/mol. The number of piperidine rings is 1. The van der Waals surface area contributed by atoms with Gasteiger partial charge < -0.3 is 10.6 Å². The van der Waals surface area contributed by atoms with E-state index >= 15 is 0 Å². The molecule has 1 aliphatic rings. The zero-order valence-electron chi connectivity index (χ0n) is 14.5. The van der Waals surface area contributed by atoms with Gasteiger partial charge in [0.2, 0.25) is 5.91 Å². The Hall–Kier alpha value is -1.68. The van der Waals surface area contributed by atoms with Crippen molar-refractivity contribution < 1.29 is 9.59 Å². The number of Topliss-reactive ketones (excluding diaryl/α,β-unsaturated/α-hetero) is 1. The van der Waals surface area contributed by atoms with Gasteiger partial charge in [0.05, 0.1) is 0 Å². The average molecular weight is 316 g/mol. The topological polar surface area (TPSA) is 63.4 Å². The van der Waals surface area contributed by atoms with Crippen LogP contribution in [0.15, 0.2) is 18.2 Å². The molecule has 1 aromatic carbocycles. The average Bonchev–Trinajstić information content (AvgIpc) is 2.54. The highest BCUT2D eigenvalue weighted by Gasteiger charge is 2.29. The highest BCUT2D eigenvalue weighted by Crippen LogP contribution is 2.21. The minimum Gasteiger partial charge on any atom is -0.338 e. The molecule has 1 saturated heterocycles. The van der Waals surface area contributed by atoms with Gasteiger partial charge in [0.25, 0.3) is 0 Å². The lowest BCUT2D eigenvalue weighted by Crippen LogP contribution is -2.51. The monoisotopic (exact) mass is 316 g/mol. The van der Waals surface area contributed by atoms with Crippen LogP contribution in [0.25, 0.3) is 0 Å². The van der Waals surface area contributed by atoms with E-state index in [2.05, 4.69) is 0 Å². The normalized spacial score (nSPS) is 19.5. The second-order valence-electron chi connectivity index (χ2n) is 6.75. The van der Waals surface area contributed by atoms with Gasteiger partial charge in [-0.05, 0) is 51.7 Å². The van der Waals surface area contributed by atoms with Crippen molar-refractivity contribution in [3.8, 4) is 0 Å². The molecule has 1 amide bonds. The summed E-state index contributed by atoms with van der Waals surface area (Å²) < 4.78 is 0. The van der Waals surface area contributed by atoms with Crippen LogP contribution in [0.4, 0.5) is 0 Å². The van der Waals surface area contributed by atoms with E-state index in [0.717, 1.165) is 42.5 Å². The van der Waals surface area contributed by atoms with Crippen LogP contribution < -0.4 is 5.73 Å². The quantitative estimate of drug-likeness (QED) is 0.849. The van der Waals surface area contributed by atoms with Crippen molar-refractivity contribution in [1.82, 2.24) is 4.90 Å². The molecule has 0 radical (unpaired) electrons. The van der Waals surface area contributed by atoms with Crippen LogP contribution in [0.1, 0.15) is 60.5 Å². The number of carbonyl (C=O) groups excluding carboxylic acids is 2. The van der Waals surface area contributed by atoms with Gasteiger partial charge in [0.1, 0.15) is 0 Å². The summed E-state index contributed by atoms with van der Waals surface area (Å²) in [6.07, 6.45) is 3.66. The summed E-state index contributed by atoms with van der Waals surface area (Å²) in [6, 6.07) is 5.97. The molecule has 2 N–H and O–H groups in total. The third kappa shape index (κ3) is 4.41. The molecule has 0 saturated carbocycles. The van der Waals surface area contributed by atoms with Gasteiger partial charge in [-0.15, -0.1) is 0 Å². The van der Waals surface area contributed by atoms with Crippen LogP contribution >= 0.6 is 0 Å². The summed E-state index contributed by atoms with van der Waals surface area (Å²) in [7, 11) is 0. The Kier molecular flexibility index (Phi) is 5.94. The molecule has 0 aromatic heterocycles. The molecule has 4 heteroatoms.